The summed E-state index contributed by atoms with van der Waals surface area (Å²) >= 11 is 0. The molecule has 1 aromatic heterocycles. The summed E-state index contributed by atoms with van der Waals surface area (Å²) in [5, 5.41) is 16.2. The number of carbonyl (C=O) groups excluding carboxylic acids is 1. The number of aromatic nitrogens is 3. The first kappa shape index (κ1) is 15.5. The van der Waals surface area contributed by atoms with Crippen LogP contribution in [-0.2, 0) is 16.1 Å². The molecule has 7 nitrogen and oxygen atoms in total. The first-order valence-corrected chi connectivity index (χ1v) is 7.51. The van der Waals surface area contributed by atoms with Crippen LogP contribution in [-0.4, -0.2) is 37.8 Å². The number of rotatable bonds is 6. The van der Waals surface area contributed by atoms with E-state index < -0.39 is 11.9 Å². The van der Waals surface area contributed by atoms with Gasteiger partial charge in [0.05, 0.1) is 5.92 Å². The lowest BCUT2D eigenvalue weighted by atomic mass is 9.94. The molecule has 2 atom stereocenters. The SMILES string of the molecule is O=C(CCCn1cncn1)NC1CCCCCC1C(=O)O. The van der Waals surface area contributed by atoms with Crippen molar-refractivity contribution in [3.05, 3.63) is 12.7 Å². The molecule has 0 saturated heterocycles. The van der Waals surface area contributed by atoms with E-state index in [0.29, 0.717) is 25.8 Å². The van der Waals surface area contributed by atoms with Crippen LogP contribution in [0.4, 0.5) is 0 Å². The Kier molecular flexibility index (Phi) is 5.71. The zero-order valence-electron chi connectivity index (χ0n) is 12.1. The summed E-state index contributed by atoms with van der Waals surface area (Å²) in [6.45, 7) is 0.639. The number of nitrogens with one attached hydrogen (secondary N) is 1. The topological polar surface area (TPSA) is 97.1 Å². The molecule has 21 heavy (non-hydrogen) atoms. The summed E-state index contributed by atoms with van der Waals surface area (Å²) in [6.07, 6.45) is 8.48. The third-order valence-corrected chi connectivity index (χ3v) is 3.94. The predicted octanol–water partition coefficient (Wildman–Crippen LogP) is 1.21. The number of amides is 1. The molecule has 1 fully saturated rings. The average molecular weight is 294 g/mol. The van der Waals surface area contributed by atoms with E-state index >= 15 is 0 Å². The number of aliphatic carboxylic acids is 1. The molecular formula is C14H22N4O3. The number of hydrogen-bond acceptors (Lipinski definition) is 4. The zero-order valence-corrected chi connectivity index (χ0v) is 12.1. The van der Waals surface area contributed by atoms with Crippen molar-refractivity contribution in [1.29, 1.82) is 0 Å². The van der Waals surface area contributed by atoms with Gasteiger partial charge in [-0.05, 0) is 19.3 Å². The van der Waals surface area contributed by atoms with Gasteiger partial charge < -0.3 is 10.4 Å². The van der Waals surface area contributed by atoms with E-state index in [0.717, 1.165) is 25.7 Å². The predicted molar refractivity (Wildman–Crippen MR) is 75.4 cm³/mol. The molecule has 1 aromatic rings. The molecule has 1 aliphatic rings. The zero-order chi connectivity index (χ0) is 15.1. The van der Waals surface area contributed by atoms with Crippen LogP contribution in [0.15, 0.2) is 12.7 Å². The summed E-state index contributed by atoms with van der Waals surface area (Å²) in [5.41, 5.74) is 0. The third kappa shape index (κ3) is 4.84. The second kappa shape index (κ2) is 7.75. The van der Waals surface area contributed by atoms with Crippen molar-refractivity contribution in [2.75, 3.05) is 0 Å². The lowest BCUT2D eigenvalue weighted by Crippen LogP contribution is -2.42. The van der Waals surface area contributed by atoms with E-state index in [1.807, 2.05) is 0 Å². The minimum Gasteiger partial charge on any atom is -0.481 e. The molecular weight excluding hydrogens is 272 g/mol. The molecule has 0 aliphatic heterocycles. The summed E-state index contributed by atoms with van der Waals surface area (Å²) in [7, 11) is 0. The van der Waals surface area contributed by atoms with E-state index in [2.05, 4.69) is 15.4 Å². The normalized spacial score (nSPS) is 22.5. The van der Waals surface area contributed by atoms with Gasteiger partial charge in [-0.3, -0.25) is 14.3 Å². The largest absolute Gasteiger partial charge is 0.481 e. The number of carboxylic acids is 1. The first-order valence-electron chi connectivity index (χ1n) is 7.51. The van der Waals surface area contributed by atoms with Gasteiger partial charge in [-0.1, -0.05) is 19.3 Å². The van der Waals surface area contributed by atoms with Gasteiger partial charge in [0.15, 0.2) is 0 Å². The van der Waals surface area contributed by atoms with Crippen molar-refractivity contribution in [2.24, 2.45) is 5.92 Å². The molecule has 1 aliphatic carbocycles. The number of carboxylic acid groups (broad SMARTS) is 1. The fourth-order valence-corrected chi connectivity index (χ4v) is 2.80. The standard InChI is InChI=1S/C14H22N4O3/c19-13(7-4-8-18-10-15-9-16-18)17-12-6-3-1-2-5-11(12)14(20)21/h9-12H,1-8H2,(H,17,19)(H,20,21). The number of carbonyl (C=O) groups is 2. The van der Waals surface area contributed by atoms with Gasteiger partial charge in [-0.15, -0.1) is 0 Å². The summed E-state index contributed by atoms with van der Waals surface area (Å²) in [4.78, 5) is 27.1. The van der Waals surface area contributed by atoms with Crippen molar-refractivity contribution < 1.29 is 14.7 Å². The molecule has 0 spiro atoms. The van der Waals surface area contributed by atoms with Crippen LogP contribution in [0.5, 0.6) is 0 Å². The van der Waals surface area contributed by atoms with Gasteiger partial charge in [-0.2, -0.15) is 5.10 Å². The lowest BCUT2D eigenvalue weighted by Gasteiger charge is -2.22. The highest BCUT2D eigenvalue weighted by molar-refractivity contribution is 5.78. The van der Waals surface area contributed by atoms with Gasteiger partial charge in [-0.25, -0.2) is 4.98 Å². The molecule has 2 unspecified atom stereocenters. The highest BCUT2D eigenvalue weighted by Gasteiger charge is 2.30. The Bertz CT molecular complexity index is 461. The molecule has 1 heterocycles. The molecule has 1 saturated carbocycles. The van der Waals surface area contributed by atoms with Crippen molar-refractivity contribution in [2.45, 2.75) is 57.5 Å². The van der Waals surface area contributed by atoms with E-state index in [9.17, 15) is 14.7 Å². The van der Waals surface area contributed by atoms with Crippen molar-refractivity contribution in [3.63, 3.8) is 0 Å². The Balaban J connectivity index is 1.77. The van der Waals surface area contributed by atoms with Gasteiger partial charge >= 0.3 is 5.97 Å². The van der Waals surface area contributed by atoms with Crippen molar-refractivity contribution in [1.82, 2.24) is 20.1 Å². The van der Waals surface area contributed by atoms with Crippen molar-refractivity contribution >= 4 is 11.9 Å². The maximum absolute atomic E-state index is 12.0. The van der Waals surface area contributed by atoms with Gasteiger partial charge in [0, 0.05) is 19.0 Å². The van der Waals surface area contributed by atoms with Gasteiger partial charge in [0.25, 0.3) is 0 Å². The molecule has 0 bridgehead atoms. The van der Waals surface area contributed by atoms with Crippen LogP contribution in [0.2, 0.25) is 0 Å². The molecule has 7 heteroatoms. The number of nitrogens with zero attached hydrogens (tertiary/aromatic N) is 3. The minimum atomic E-state index is -0.801. The lowest BCUT2D eigenvalue weighted by molar-refractivity contribution is -0.143. The number of hydrogen-bond donors (Lipinski definition) is 2. The minimum absolute atomic E-state index is 0.0757. The second-order valence-corrected chi connectivity index (χ2v) is 5.52. The molecule has 0 radical (unpaired) electrons. The highest BCUT2D eigenvalue weighted by atomic mass is 16.4. The fourth-order valence-electron chi connectivity index (χ4n) is 2.80. The van der Waals surface area contributed by atoms with E-state index in [1.54, 1.807) is 11.0 Å². The maximum Gasteiger partial charge on any atom is 0.308 e. The fraction of sp³-hybridized carbons (Fsp3) is 0.714. The van der Waals surface area contributed by atoms with Crippen LogP contribution in [0.25, 0.3) is 0 Å². The first-order chi connectivity index (χ1) is 10.2. The molecule has 0 aromatic carbocycles. The van der Waals surface area contributed by atoms with E-state index in [1.165, 1.54) is 6.33 Å². The molecule has 1 amide bonds. The Morgan fingerprint density at radius 3 is 2.81 bits per heavy atom. The van der Waals surface area contributed by atoms with Gasteiger partial charge in [0.1, 0.15) is 12.7 Å². The third-order valence-electron chi connectivity index (χ3n) is 3.94. The molecule has 2 N–H and O–H groups in total. The quantitative estimate of drug-likeness (QED) is 0.769. The summed E-state index contributed by atoms with van der Waals surface area (Å²) in [5.74, 6) is -1.33. The van der Waals surface area contributed by atoms with Crippen LogP contribution in [0.3, 0.4) is 0 Å². The Morgan fingerprint density at radius 1 is 1.29 bits per heavy atom. The van der Waals surface area contributed by atoms with E-state index in [4.69, 9.17) is 0 Å². The van der Waals surface area contributed by atoms with Crippen LogP contribution < -0.4 is 5.32 Å². The Morgan fingerprint density at radius 2 is 2.10 bits per heavy atom. The van der Waals surface area contributed by atoms with Crippen LogP contribution in [0.1, 0.15) is 44.9 Å². The monoisotopic (exact) mass is 294 g/mol. The Hall–Kier alpha value is -1.92. The van der Waals surface area contributed by atoms with E-state index in [-0.39, 0.29) is 11.9 Å². The number of aryl methyl sites for hydroxylation is 1. The van der Waals surface area contributed by atoms with Crippen molar-refractivity contribution in [3.8, 4) is 0 Å². The maximum atomic E-state index is 12.0. The van der Waals surface area contributed by atoms with Crippen LogP contribution in [0, 0.1) is 5.92 Å². The second-order valence-electron chi connectivity index (χ2n) is 5.52. The van der Waals surface area contributed by atoms with Crippen LogP contribution >= 0.6 is 0 Å². The molecule has 2 rings (SSSR count). The Labute approximate surface area is 123 Å². The summed E-state index contributed by atoms with van der Waals surface area (Å²) in [6, 6.07) is -0.233. The average Bonchev–Trinajstić information content (AvgIpc) is 2.84. The summed E-state index contributed by atoms with van der Waals surface area (Å²) < 4.78 is 1.68. The smallest absolute Gasteiger partial charge is 0.308 e. The molecule has 116 valence electrons. The highest BCUT2D eigenvalue weighted by Crippen LogP contribution is 2.24. The van der Waals surface area contributed by atoms with Gasteiger partial charge in [0.2, 0.25) is 5.91 Å².